The molecule has 0 fully saturated rings. The maximum Gasteiger partial charge on any atom is 0.412 e. The van der Waals surface area contributed by atoms with E-state index in [0.29, 0.717) is 5.69 Å². The van der Waals surface area contributed by atoms with Crippen molar-refractivity contribution in [3.8, 4) is 11.1 Å². The van der Waals surface area contributed by atoms with Crippen LogP contribution in [0.15, 0.2) is 35.1 Å². The molecule has 2 rings (SSSR count). The lowest BCUT2D eigenvalue weighted by molar-refractivity contribution is 0.0636. The first kappa shape index (κ1) is 14.6. The van der Waals surface area contributed by atoms with Crippen molar-refractivity contribution in [3.63, 3.8) is 0 Å². The summed E-state index contributed by atoms with van der Waals surface area (Å²) in [5.74, 6) is 0. The Morgan fingerprint density at radius 2 is 2.10 bits per heavy atom. The van der Waals surface area contributed by atoms with Gasteiger partial charge in [-0.1, -0.05) is 6.07 Å². The van der Waals surface area contributed by atoms with Crippen LogP contribution in [-0.4, -0.2) is 21.9 Å². The second-order valence-corrected chi connectivity index (χ2v) is 6.16. The van der Waals surface area contributed by atoms with Crippen LogP contribution in [0, 0.1) is 0 Å². The number of anilines is 1. The average Bonchev–Trinajstić information content (AvgIpc) is 2.83. The molecule has 0 radical (unpaired) electrons. The third kappa shape index (κ3) is 3.84. The van der Waals surface area contributed by atoms with Crippen LogP contribution in [0.4, 0.5) is 10.5 Å². The van der Waals surface area contributed by atoms with E-state index >= 15 is 0 Å². The van der Waals surface area contributed by atoms with Crippen molar-refractivity contribution in [2.45, 2.75) is 26.4 Å². The van der Waals surface area contributed by atoms with Gasteiger partial charge in [-0.15, -0.1) is 0 Å². The van der Waals surface area contributed by atoms with Crippen LogP contribution in [0.1, 0.15) is 20.8 Å². The van der Waals surface area contributed by atoms with Crippen molar-refractivity contribution in [2.75, 3.05) is 5.32 Å². The Morgan fingerprint density at radius 3 is 2.70 bits per heavy atom. The Hall–Kier alpha value is -1.82. The van der Waals surface area contributed by atoms with Crippen molar-refractivity contribution in [1.82, 2.24) is 10.2 Å². The highest BCUT2D eigenvalue weighted by Crippen LogP contribution is 2.29. The van der Waals surface area contributed by atoms with Crippen LogP contribution in [0.25, 0.3) is 11.1 Å². The van der Waals surface area contributed by atoms with Crippen molar-refractivity contribution >= 4 is 27.7 Å². The van der Waals surface area contributed by atoms with E-state index in [4.69, 9.17) is 4.74 Å². The number of ether oxygens (including phenoxy) is 1. The predicted octanol–water partition coefficient (Wildman–Crippen LogP) is 4.19. The third-order valence-corrected chi connectivity index (χ3v) is 3.13. The van der Waals surface area contributed by atoms with Gasteiger partial charge in [0.2, 0.25) is 0 Å². The minimum Gasteiger partial charge on any atom is -0.444 e. The van der Waals surface area contributed by atoms with Gasteiger partial charge in [-0.25, -0.2) is 4.79 Å². The molecule has 5 nitrogen and oxygen atoms in total. The van der Waals surface area contributed by atoms with Crippen molar-refractivity contribution < 1.29 is 9.53 Å². The number of hydrogen-bond acceptors (Lipinski definition) is 3. The van der Waals surface area contributed by atoms with Crippen LogP contribution in [0.3, 0.4) is 0 Å². The number of nitrogens with zero attached hydrogens (tertiary/aromatic N) is 1. The minimum atomic E-state index is -0.529. The van der Waals surface area contributed by atoms with E-state index in [1.807, 2.05) is 39.0 Å². The Morgan fingerprint density at radius 1 is 1.35 bits per heavy atom. The molecule has 2 N–H and O–H groups in total. The highest BCUT2D eigenvalue weighted by atomic mass is 79.9. The Balaban J connectivity index is 2.19. The van der Waals surface area contributed by atoms with Crippen LogP contribution in [-0.2, 0) is 4.74 Å². The predicted molar refractivity (Wildman–Crippen MR) is 81.6 cm³/mol. The van der Waals surface area contributed by atoms with Gasteiger partial charge < -0.3 is 4.74 Å². The monoisotopic (exact) mass is 337 g/mol. The minimum absolute atomic E-state index is 0.484. The number of aromatic nitrogens is 2. The Labute approximate surface area is 125 Å². The molecule has 1 amide bonds. The molecule has 0 bridgehead atoms. The van der Waals surface area contributed by atoms with Crippen molar-refractivity contribution in [1.29, 1.82) is 0 Å². The van der Waals surface area contributed by atoms with Gasteiger partial charge in [0.05, 0.1) is 11.9 Å². The molecule has 1 aromatic carbocycles. The fourth-order valence-corrected chi connectivity index (χ4v) is 1.97. The zero-order valence-corrected chi connectivity index (χ0v) is 13.1. The molecule has 0 spiro atoms. The van der Waals surface area contributed by atoms with Gasteiger partial charge in [0.1, 0.15) is 5.60 Å². The van der Waals surface area contributed by atoms with Gasteiger partial charge >= 0.3 is 6.09 Å². The third-order valence-electron chi connectivity index (χ3n) is 2.43. The van der Waals surface area contributed by atoms with Crippen LogP contribution in [0.5, 0.6) is 0 Å². The number of amides is 1. The molecule has 0 atom stereocenters. The smallest absolute Gasteiger partial charge is 0.412 e. The summed E-state index contributed by atoms with van der Waals surface area (Å²) in [7, 11) is 0. The molecule has 0 unspecified atom stereocenters. The SMILES string of the molecule is CC(C)(C)OC(=O)Nc1cc(-c2cn[nH]c2)ccc1Br. The van der Waals surface area contributed by atoms with Gasteiger partial charge in [0.25, 0.3) is 0 Å². The highest BCUT2D eigenvalue weighted by Gasteiger charge is 2.17. The molecule has 106 valence electrons. The van der Waals surface area contributed by atoms with Gasteiger partial charge in [-0.05, 0) is 54.4 Å². The molecule has 2 aromatic rings. The van der Waals surface area contributed by atoms with Crippen LogP contribution in [0.2, 0.25) is 0 Å². The largest absolute Gasteiger partial charge is 0.444 e. The fraction of sp³-hybridized carbons (Fsp3) is 0.286. The van der Waals surface area contributed by atoms with E-state index in [2.05, 4.69) is 31.4 Å². The first-order chi connectivity index (χ1) is 9.35. The molecule has 6 heteroatoms. The molecule has 0 aliphatic carbocycles. The first-order valence-corrected chi connectivity index (χ1v) is 6.93. The molecule has 0 saturated heterocycles. The Kier molecular flexibility index (Phi) is 4.13. The maximum atomic E-state index is 11.8. The van der Waals surface area contributed by atoms with Gasteiger partial charge in [-0.2, -0.15) is 5.10 Å². The van der Waals surface area contributed by atoms with E-state index < -0.39 is 11.7 Å². The number of rotatable bonds is 2. The Bertz CT molecular complexity index is 603. The van der Waals surface area contributed by atoms with Gasteiger partial charge in [0, 0.05) is 16.2 Å². The topological polar surface area (TPSA) is 67.0 Å². The number of H-pyrrole nitrogens is 1. The summed E-state index contributed by atoms with van der Waals surface area (Å²) in [6.45, 7) is 5.47. The summed E-state index contributed by atoms with van der Waals surface area (Å²) in [5, 5.41) is 9.40. The van der Waals surface area contributed by atoms with E-state index in [1.54, 1.807) is 12.4 Å². The van der Waals surface area contributed by atoms with Gasteiger partial charge in [0.15, 0.2) is 0 Å². The zero-order valence-electron chi connectivity index (χ0n) is 11.5. The summed E-state index contributed by atoms with van der Waals surface area (Å²) in [4.78, 5) is 11.8. The van der Waals surface area contributed by atoms with Gasteiger partial charge in [-0.3, -0.25) is 10.4 Å². The summed E-state index contributed by atoms with van der Waals surface area (Å²) in [6.07, 6.45) is 3.03. The molecule has 1 aromatic heterocycles. The summed E-state index contributed by atoms with van der Waals surface area (Å²) >= 11 is 3.41. The molecule has 0 aliphatic heterocycles. The first-order valence-electron chi connectivity index (χ1n) is 6.14. The van der Waals surface area contributed by atoms with E-state index in [-0.39, 0.29) is 0 Å². The summed E-state index contributed by atoms with van der Waals surface area (Å²) < 4.78 is 6.03. The highest BCUT2D eigenvalue weighted by molar-refractivity contribution is 9.10. The van der Waals surface area contributed by atoms with Crippen molar-refractivity contribution in [2.24, 2.45) is 0 Å². The number of benzene rings is 1. The molecular formula is C14H16BrN3O2. The number of nitrogens with one attached hydrogen (secondary N) is 2. The number of aromatic amines is 1. The van der Waals surface area contributed by atoms with Crippen LogP contribution < -0.4 is 5.32 Å². The molecular weight excluding hydrogens is 322 g/mol. The molecule has 20 heavy (non-hydrogen) atoms. The van der Waals surface area contributed by atoms with E-state index in [1.165, 1.54) is 0 Å². The molecule has 0 aliphatic rings. The number of hydrogen-bond donors (Lipinski definition) is 2. The lowest BCUT2D eigenvalue weighted by atomic mass is 10.1. The second-order valence-electron chi connectivity index (χ2n) is 5.31. The number of carbonyl (C=O) groups is 1. The van der Waals surface area contributed by atoms with E-state index in [0.717, 1.165) is 15.6 Å². The standard InChI is InChI=1S/C14H16BrN3O2/c1-14(2,3)20-13(19)18-12-6-9(4-5-11(12)15)10-7-16-17-8-10/h4-8H,1-3H3,(H,16,17)(H,18,19). The molecule has 1 heterocycles. The maximum absolute atomic E-state index is 11.8. The lowest BCUT2D eigenvalue weighted by Crippen LogP contribution is -2.27. The second kappa shape index (κ2) is 5.66. The molecule has 0 saturated carbocycles. The average molecular weight is 338 g/mol. The fourth-order valence-electron chi connectivity index (χ4n) is 1.62. The van der Waals surface area contributed by atoms with E-state index in [9.17, 15) is 4.79 Å². The summed E-state index contributed by atoms with van der Waals surface area (Å²) in [6, 6.07) is 5.67. The van der Waals surface area contributed by atoms with Crippen molar-refractivity contribution in [3.05, 3.63) is 35.1 Å². The zero-order chi connectivity index (χ0) is 14.8. The quantitative estimate of drug-likeness (QED) is 0.863. The number of halogens is 1. The number of carbonyl (C=O) groups excluding carboxylic acids is 1. The van der Waals surface area contributed by atoms with Crippen LogP contribution >= 0.6 is 15.9 Å². The normalized spacial score (nSPS) is 11.2. The lowest BCUT2D eigenvalue weighted by Gasteiger charge is -2.20. The summed E-state index contributed by atoms with van der Waals surface area (Å²) in [5.41, 5.74) is 2.02.